The Kier molecular flexibility index (Phi) is 31.8. The number of aliphatic carboxylic acids is 2. The molecule has 2 aliphatic rings. The van der Waals surface area contributed by atoms with Crippen molar-refractivity contribution in [3.05, 3.63) is 173 Å². The molecule has 0 spiro atoms. The highest BCUT2D eigenvalue weighted by molar-refractivity contribution is 7.86. The van der Waals surface area contributed by atoms with Gasteiger partial charge in [-0.3, -0.25) is 52.7 Å². The summed E-state index contributed by atoms with van der Waals surface area (Å²) in [5, 5.41) is 34.1. The molecule has 3 aromatic heterocycles. The molecule has 38 heteroatoms. The van der Waals surface area contributed by atoms with Crippen LogP contribution in [0.3, 0.4) is 0 Å². The number of hydrogen-bond donors (Lipinski definition) is 9. The van der Waals surface area contributed by atoms with Crippen molar-refractivity contribution in [2.75, 3.05) is 97.9 Å². The van der Waals surface area contributed by atoms with Crippen LogP contribution in [0.2, 0.25) is 5.02 Å². The first kappa shape index (κ1) is 91.2. The lowest BCUT2D eigenvalue weighted by Gasteiger charge is -2.42. The molecule has 121 heavy (non-hydrogen) atoms. The molecule has 9 amide bonds. The smallest absolute Gasteiger partial charge is 0.345 e. The normalized spacial score (nSPS) is 14.3. The third kappa shape index (κ3) is 25.5. The number of urea groups is 1. The van der Waals surface area contributed by atoms with Crippen molar-refractivity contribution in [3.63, 3.8) is 0 Å². The molecule has 8 aromatic rings. The molecule has 2 aliphatic heterocycles. The molecule has 1 saturated heterocycles. The number of nitrogens with two attached hydrogens (primary N) is 1. The number of para-hydroxylation sites is 2. The van der Waals surface area contributed by atoms with Crippen LogP contribution in [-0.4, -0.2) is 238 Å². The number of amides is 9. The Balaban J connectivity index is 0.832. The molecule has 0 aliphatic carbocycles. The highest BCUT2D eigenvalue weighted by Crippen LogP contribution is 2.50. The number of nitrogens with zero attached hydrogens (tertiary/aromatic N) is 8. The zero-order valence-electron chi connectivity index (χ0n) is 67.2. The molecule has 0 saturated carbocycles. The number of primary amides is 1. The van der Waals surface area contributed by atoms with E-state index in [2.05, 4.69) is 46.4 Å². The number of thiophene rings is 1. The number of ether oxygens (including phenoxy) is 5. The van der Waals surface area contributed by atoms with E-state index in [4.69, 9.17) is 46.0 Å². The summed E-state index contributed by atoms with van der Waals surface area (Å²) >= 11 is 8.57. The number of piperazine rings is 1. The largest absolute Gasteiger partial charge is 0.496 e. The Labute approximate surface area is 705 Å². The lowest BCUT2D eigenvalue weighted by Crippen LogP contribution is -2.57. The molecule has 642 valence electrons. The van der Waals surface area contributed by atoms with E-state index in [1.165, 1.54) is 41.7 Å². The van der Waals surface area contributed by atoms with E-state index in [-0.39, 0.29) is 88.3 Å². The Bertz CT molecular complexity index is 5270. The first-order chi connectivity index (χ1) is 57.7. The van der Waals surface area contributed by atoms with Crippen molar-refractivity contribution in [1.82, 2.24) is 55.9 Å². The Morgan fingerprint density at radius 2 is 1.49 bits per heavy atom. The molecule has 0 radical (unpaired) electrons. The number of carbonyl (C=O) groups excluding carboxylic acids is 8. The van der Waals surface area contributed by atoms with E-state index in [1.54, 1.807) is 93.9 Å². The first-order valence-electron chi connectivity index (χ1n) is 38.7. The van der Waals surface area contributed by atoms with Crippen molar-refractivity contribution < 1.29 is 104 Å². The van der Waals surface area contributed by atoms with Crippen LogP contribution in [0.1, 0.15) is 73.9 Å². The maximum absolute atomic E-state index is 14.6. The lowest BCUT2D eigenvalue weighted by atomic mass is 9.96. The predicted octanol–water partition coefficient (Wildman–Crippen LogP) is 7.13. The number of methoxy groups -OCH3 is 1. The summed E-state index contributed by atoms with van der Waals surface area (Å²) in [5.41, 5.74) is 10.8. The third-order valence-corrected chi connectivity index (χ3v) is 22.4. The number of nitrogens with one attached hydrogen (secondary N) is 5. The SMILES string of the molecule is COc1ccccc1-c1nccc(COc2ccccc2C[C@@H](Oc2ncnc3sc(-c4ccc(F)cc4)c(-c4ccc(OCCN5CC[N+](C)(Cc6ccc(NC(=O)[C@H](CCCNC(N)=O)NC(=O)[C@@H](NC(=O)CCOCCN7C(=O)C=CC7=O)C(C)C)cc6CN(C)C(=O)[C@H](CCC(=O)O)NC(=O)CS(=O)(=O)O)CC5)c(Cl)c4C)c23)C(=O)O)n1. The van der Waals surface area contributed by atoms with E-state index < -0.39 is 124 Å². The molecule has 5 aromatic carbocycles. The highest BCUT2D eigenvalue weighted by atomic mass is 35.5. The maximum atomic E-state index is 14.6. The molecule has 4 atom stereocenters. The number of fused-ring (bicyclic) bond motifs is 1. The molecular formula is C83H95ClFN14O20S2+. The number of carboxylic acids is 2. The summed E-state index contributed by atoms with van der Waals surface area (Å²) in [6.07, 6.45) is 2.33. The molecule has 1 fully saturated rings. The minimum absolute atomic E-state index is 0.0154. The summed E-state index contributed by atoms with van der Waals surface area (Å²) < 4.78 is 78.1. The van der Waals surface area contributed by atoms with Gasteiger partial charge in [0, 0.05) is 99.1 Å². The number of quaternary nitrogens is 1. The molecule has 0 unspecified atom stereocenters. The Morgan fingerprint density at radius 1 is 0.769 bits per heavy atom. The zero-order chi connectivity index (χ0) is 87.2. The zero-order valence-corrected chi connectivity index (χ0v) is 69.6. The number of carbonyl (C=O) groups is 10. The molecule has 10 N–H and O–H groups in total. The molecule has 10 rings (SSSR count). The minimum atomic E-state index is -4.86. The average molecular weight is 1730 g/mol. The highest BCUT2D eigenvalue weighted by Gasteiger charge is 2.35. The number of carboxylic acid groups (broad SMARTS) is 2. The summed E-state index contributed by atoms with van der Waals surface area (Å²) in [4.78, 5) is 153. The van der Waals surface area contributed by atoms with Gasteiger partial charge in [0.15, 0.2) is 11.6 Å². The second-order valence-corrected chi connectivity index (χ2v) is 32.3. The quantitative estimate of drug-likeness (QED) is 0.00794. The molecule has 0 bridgehead atoms. The molecule has 34 nitrogen and oxygen atoms in total. The number of rotatable bonds is 43. The van der Waals surface area contributed by atoms with E-state index in [1.807, 2.05) is 44.3 Å². The van der Waals surface area contributed by atoms with Crippen molar-refractivity contribution in [3.8, 4) is 56.1 Å². The van der Waals surface area contributed by atoms with Gasteiger partial charge >= 0.3 is 18.0 Å². The van der Waals surface area contributed by atoms with Crippen LogP contribution in [0, 0.1) is 18.7 Å². The number of aromatic nitrogens is 4. The van der Waals surface area contributed by atoms with Crippen molar-refractivity contribution in [2.24, 2.45) is 11.7 Å². The van der Waals surface area contributed by atoms with Gasteiger partial charge in [-0.05, 0) is 115 Å². The fourth-order valence-electron chi connectivity index (χ4n) is 13.7. The summed E-state index contributed by atoms with van der Waals surface area (Å²) in [5.74, 6) is -8.31. The van der Waals surface area contributed by atoms with Gasteiger partial charge in [-0.2, -0.15) is 8.42 Å². The summed E-state index contributed by atoms with van der Waals surface area (Å²) in [7, 11) is 0.126. The molecule has 5 heterocycles. The second-order valence-electron chi connectivity index (χ2n) is 29.5. The monoisotopic (exact) mass is 1730 g/mol. The van der Waals surface area contributed by atoms with Crippen molar-refractivity contribution in [2.45, 2.75) is 103 Å². The Hall–Kier alpha value is -12.1. The standard InChI is InChI=1S/C83H94ClFN14O20S2/c1-49(2)74(95-66(100)30-39-116-40-36-98-68(102)26-27-69(98)103)78(107)94-60(14-11-31-88-83(86)111)77(106)92-56-22-19-53(54(42-56)44-96(4)81(108)61(24-28-70(104)105)93-67(101)47-121(112,113)114)45-99(5)37-33-97(34-38-99)35-41-117-64-25-23-58(50(3)73(64)84)71-72-79(89-48-90-80(72)120-75(71)51-17-20-55(85)21-18-51)119-65(82(109)110)43-52-12-7-9-15-62(52)118-46-57-29-32-87-76(91-57)59-13-8-10-16-63(59)115-6/h7-10,12-13,15-23,25-27,29,32,42,48-49,60-61,65,74H,11,14,24,28,30-31,33-41,43-47H2,1-6H3,(H9-,86,88,92,93,94,95,100,101,104,105,106,107,109,110,111,112,113,114)/p+1/t60-,61-,65+,74-/m0/s1. The average Bonchev–Trinajstić information content (AvgIpc) is 1.60. The van der Waals surface area contributed by atoms with Gasteiger partial charge in [0.25, 0.3) is 21.9 Å². The van der Waals surface area contributed by atoms with E-state index in [0.29, 0.717) is 132 Å². The van der Waals surface area contributed by atoms with Crippen LogP contribution in [0.15, 0.2) is 134 Å². The lowest BCUT2D eigenvalue weighted by molar-refractivity contribution is -0.926. The van der Waals surface area contributed by atoms with Gasteiger partial charge in [0.05, 0.1) is 68.7 Å². The summed E-state index contributed by atoms with van der Waals surface area (Å²) in [6.45, 7) is 8.14. The van der Waals surface area contributed by atoms with Crippen molar-refractivity contribution in [1.29, 1.82) is 0 Å². The van der Waals surface area contributed by atoms with E-state index in [9.17, 15) is 75.5 Å². The van der Waals surface area contributed by atoms with E-state index >= 15 is 0 Å². The van der Waals surface area contributed by atoms with Gasteiger partial charge in [0.2, 0.25) is 41.5 Å². The number of imide groups is 1. The number of halogens is 2. The topological polar surface area (TPSA) is 459 Å². The fraction of sp³-hybridized carbons (Fsp3) is 0.373. The number of hydrogen-bond acceptors (Lipinski definition) is 23. The van der Waals surface area contributed by atoms with Gasteiger partial charge < -0.3 is 75.6 Å². The van der Waals surface area contributed by atoms with E-state index in [0.717, 1.165) is 17.1 Å². The van der Waals surface area contributed by atoms with Crippen molar-refractivity contribution >= 4 is 108 Å². The van der Waals surface area contributed by atoms with Crippen LogP contribution >= 0.6 is 22.9 Å². The van der Waals surface area contributed by atoms with Crippen LogP contribution in [0.25, 0.3) is 43.2 Å². The summed E-state index contributed by atoms with van der Waals surface area (Å²) in [6, 6.07) is 25.7. The Morgan fingerprint density at radius 3 is 2.18 bits per heavy atom. The number of likely N-dealkylation sites (N-methyl/N-ethyl adjacent to an activating group) is 2. The number of anilines is 1. The van der Waals surface area contributed by atoms with Crippen LogP contribution in [0.4, 0.5) is 14.9 Å². The second kappa shape index (κ2) is 42.2. The fourth-order valence-corrected chi connectivity index (χ4v) is 15.5. The molecular weight excluding hydrogens is 1630 g/mol. The minimum Gasteiger partial charge on any atom is -0.496 e. The number of benzene rings is 5. The van der Waals surface area contributed by atoms with Crippen LogP contribution < -0.4 is 51.3 Å². The van der Waals surface area contributed by atoms with Gasteiger partial charge in [-0.1, -0.05) is 80.0 Å². The van der Waals surface area contributed by atoms with Gasteiger partial charge in [0.1, 0.15) is 72.1 Å². The van der Waals surface area contributed by atoms with Gasteiger partial charge in [-0.15, -0.1) is 11.3 Å². The van der Waals surface area contributed by atoms with Crippen LogP contribution in [-0.2, 0) is 84.1 Å². The predicted molar refractivity (Wildman–Crippen MR) is 444 cm³/mol. The first-order valence-corrected chi connectivity index (χ1v) is 41.5. The van der Waals surface area contributed by atoms with Gasteiger partial charge in [-0.25, -0.2) is 33.9 Å². The third-order valence-electron chi connectivity index (χ3n) is 20.2. The maximum Gasteiger partial charge on any atom is 0.345 e. The van der Waals surface area contributed by atoms with Crippen LogP contribution in [0.5, 0.6) is 23.1 Å².